The Morgan fingerprint density at radius 1 is 0.852 bits per heavy atom. The average Bonchev–Trinajstić information content (AvgIpc) is 2.67. The van der Waals surface area contributed by atoms with Crippen LogP contribution < -0.4 is 10.1 Å². The molecule has 0 aliphatic heterocycles. The van der Waals surface area contributed by atoms with Crippen molar-refractivity contribution in [2.24, 2.45) is 0 Å². The Hall–Kier alpha value is -3.12. The summed E-state index contributed by atoms with van der Waals surface area (Å²) >= 11 is 0. The number of ether oxygens (including phenoxy) is 1. The summed E-state index contributed by atoms with van der Waals surface area (Å²) in [4.78, 5) is 13.0. The highest BCUT2D eigenvalue weighted by molar-refractivity contribution is 7.90. The number of benzene rings is 3. The number of hydrogen-bond donors (Lipinski definition) is 1. The SMILES string of the molecule is CS(=O)(=O)c1ccc(OC(C(=O)Nc2ccccc2)c2ccccc2)cc1. The maximum Gasteiger partial charge on any atom is 0.270 e. The molecular weight excluding hydrogens is 362 g/mol. The number of para-hydroxylation sites is 1. The molecule has 5 nitrogen and oxygen atoms in total. The normalized spacial score (nSPS) is 12.2. The van der Waals surface area contributed by atoms with E-state index in [0.717, 1.165) is 6.26 Å². The number of carbonyl (C=O) groups is 1. The second-order valence-corrected chi connectivity index (χ2v) is 8.02. The fourth-order valence-electron chi connectivity index (χ4n) is 2.53. The van der Waals surface area contributed by atoms with Crippen LogP contribution in [0.3, 0.4) is 0 Å². The molecule has 27 heavy (non-hydrogen) atoms. The lowest BCUT2D eigenvalue weighted by Crippen LogP contribution is -2.25. The second-order valence-electron chi connectivity index (χ2n) is 6.01. The number of nitrogens with one attached hydrogen (secondary N) is 1. The van der Waals surface area contributed by atoms with Crippen LogP contribution in [0.5, 0.6) is 5.75 Å². The first-order valence-corrected chi connectivity index (χ1v) is 10.2. The molecule has 1 amide bonds. The van der Waals surface area contributed by atoms with Crippen molar-refractivity contribution in [2.45, 2.75) is 11.0 Å². The quantitative estimate of drug-likeness (QED) is 0.704. The van der Waals surface area contributed by atoms with E-state index in [1.54, 1.807) is 36.4 Å². The van der Waals surface area contributed by atoms with Gasteiger partial charge in [-0.2, -0.15) is 0 Å². The first-order chi connectivity index (χ1) is 12.9. The van der Waals surface area contributed by atoms with Gasteiger partial charge in [-0.3, -0.25) is 4.79 Å². The van der Waals surface area contributed by atoms with Crippen LogP contribution >= 0.6 is 0 Å². The first-order valence-electron chi connectivity index (χ1n) is 8.31. The summed E-state index contributed by atoms with van der Waals surface area (Å²) in [6, 6.07) is 24.2. The zero-order valence-corrected chi connectivity index (χ0v) is 15.5. The molecule has 0 heterocycles. The zero-order valence-electron chi connectivity index (χ0n) is 14.7. The molecule has 3 aromatic carbocycles. The molecule has 0 aliphatic rings. The Morgan fingerprint density at radius 3 is 1.96 bits per heavy atom. The molecule has 1 N–H and O–H groups in total. The molecule has 0 radical (unpaired) electrons. The van der Waals surface area contributed by atoms with E-state index in [4.69, 9.17) is 4.74 Å². The maximum atomic E-state index is 12.8. The molecule has 0 saturated heterocycles. The van der Waals surface area contributed by atoms with Crippen LogP contribution in [0.4, 0.5) is 5.69 Å². The molecular formula is C21H19NO4S. The van der Waals surface area contributed by atoms with Gasteiger partial charge in [0.05, 0.1) is 4.90 Å². The Morgan fingerprint density at radius 2 is 1.41 bits per heavy atom. The first kappa shape index (κ1) is 18.7. The van der Waals surface area contributed by atoms with Crippen molar-refractivity contribution in [3.63, 3.8) is 0 Å². The van der Waals surface area contributed by atoms with Gasteiger partial charge in [-0.25, -0.2) is 8.42 Å². The van der Waals surface area contributed by atoms with Gasteiger partial charge in [-0.1, -0.05) is 48.5 Å². The second kappa shape index (κ2) is 8.05. The van der Waals surface area contributed by atoms with Gasteiger partial charge in [0.2, 0.25) is 6.10 Å². The molecule has 3 rings (SSSR count). The van der Waals surface area contributed by atoms with E-state index in [0.29, 0.717) is 17.0 Å². The van der Waals surface area contributed by atoms with E-state index in [1.165, 1.54) is 12.1 Å². The van der Waals surface area contributed by atoms with Gasteiger partial charge in [0, 0.05) is 17.5 Å². The predicted octanol–water partition coefficient (Wildman–Crippen LogP) is 3.85. The fourth-order valence-corrected chi connectivity index (χ4v) is 3.16. The highest BCUT2D eigenvalue weighted by Crippen LogP contribution is 2.25. The molecule has 1 unspecified atom stereocenters. The van der Waals surface area contributed by atoms with Crippen LogP contribution in [0.15, 0.2) is 89.8 Å². The van der Waals surface area contributed by atoms with E-state index in [2.05, 4.69) is 5.32 Å². The van der Waals surface area contributed by atoms with Crippen molar-refractivity contribution < 1.29 is 17.9 Å². The molecule has 0 fully saturated rings. The van der Waals surface area contributed by atoms with Crippen LogP contribution in [0.1, 0.15) is 11.7 Å². The monoisotopic (exact) mass is 381 g/mol. The third kappa shape index (κ3) is 4.95. The van der Waals surface area contributed by atoms with Crippen molar-refractivity contribution in [2.75, 3.05) is 11.6 Å². The lowest BCUT2D eigenvalue weighted by atomic mass is 10.1. The van der Waals surface area contributed by atoms with Crippen molar-refractivity contribution in [1.29, 1.82) is 0 Å². The summed E-state index contributed by atoms with van der Waals surface area (Å²) < 4.78 is 29.1. The molecule has 0 aliphatic carbocycles. The molecule has 0 bridgehead atoms. The van der Waals surface area contributed by atoms with Gasteiger partial charge in [-0.05, 0) is 36.4 Å². The Balaban J connectivity index is 1.85. The predicted molar refractivity (Wildman–Crippen MR) is 104 cm³/mol. The average molecular weight is 381 g/mol. The van der Waals surface area contributed by atoms with Gasteiger partial charge < -0.3 is 10.1 Å². The number of amides is 1. The van der Waals surface area contributed by atoms with Crippen LogP contribution in [-0.4, -0.2) is 20.6 Å². The summed E-state index contributed by atoms with van der Waals surface area (Å²) in [6.45, 7) is 0. The number of rotatable bonds is 6. The maximum absolute atomic E-state index is 12.8. The lowest BCUT2D eigenvalue weighted by molar-refractivity contribution is -0.123. The summed E-state index contributed by atoms with van der Waals surface area (Å²) in [5.74, 6) is 0.0825. The number of hydrogen-bond acceptors (Lipinski definition) is 4. The molecule has 3 aromatic rings. The Labute approximate surface area is 158 Å². The standard InChI is InChI=1S/C21H19NO4S/c1-27(24,25)19-14-12-18(13-15-19)26-20(16-8-4-2-5-9-16)21(23)22-17-10-6-3-7-11-17/h2-15,20H,1H3,(H,22,23). The van der Waals surface area contributed by atoms with Crippen molar-refractivity contribution in [3.8, 4) is 5.75 Å². The minimum Gasteiger partial charge on any atom is -0.476 e. The minimum atomic E-state index is -3.29. The van der Waals surface area contributed by atoms with E-state index >= 15 is 0 Å². The largest absolute Gasteiger partial charge is 0.476 e. The van der Waals surface area contributed by atoms with Crippen molar-refractivity contribution in [1.82, 2.24) is 0 Å². The molecule has 138 valence electrons. The van der Waals surface area contributed by atoms with Gasteiger partial charge >= 0.3 is 0 Å². The molecule has 6 heteroatoms. The zero-order chi connectivity index (χ0) is 19.3. The number of anilines is 1. The Bertz CT molecular complexity index is 1000. The summed E-state index contributed by atoms with van der Waals surface area (Å²) in [7, 11) is -3.29. The minimum absolute atomic E-state index is 0.194. The molecule has 0 spiro atoms. The third-order valence-electron chi connectivity index (χ3n) is 3.89. The summed E-state index contributed by atoms with van der Waals surface area (Å²) in [5.41, 5.74) is 1.36. The van der Waals surface area contributed by atoms with Gasteiger partial charge in [0.25, 0.3) is 5.91 Å². The molecule has 0 aromatic heterocycles. The smallest absolute Gasteiger partial charge is 0.270 e. The van der Waals surface area contributed by atoms with Gasteiger partial charge in [0.15, 0.2) is 9.84 Å². The highest BCUT2D eigenvalue weighted by atomic mass is 32.2. The van der Waals surface area contributed by atoms with E-state index in [9.17, 15) is 13.2 Å². The van der Waals surface area contributed by atoms with E-state index in [1.807, 2.05) is 36.4 Å². The van der Waals surface area contributed by atoms with Crippen molar-refractivity contribution >= 4 is 21.4 Å². The molecule has 1 atom stereocenters. The summed E-state index contributed by atoms with van der Waals surface area (Å²) in [6.07, 6.45) is 0.263. The lowest BCUT2D eigenvalue weighted by Gasteiger charge is -2.19. The van der Waals surface area contributed by atoms with E-state index in [-0.39, 0.29) is 10.8 Å². The van der Waals surface area contributed by atoms with Gasteiger partial charge in [-0.15, -0.1) is 0 Å². The van der Waals surface area contributed by atoms with E-state index < -0.39 is 15.9 Å². The fraction of sp³-hybridized carbons (Fsp3) is 0.0952. The number of sulfone groups is 1. The Kier molecular flexibility index (Phi) is 5.57. The van der Waals surface area contributed by atoms with Gasteiger partial charge in [0.1, 0.15) is 5.75 Å². The molecule has 0 saturated carbocycles. The van der Waals surface area contributed by atoms with Crippen molar-refractivity contribution in [3.05, 3.63) is 90.5 Å². The summed E-state index contributed by atoms with van der Waals surface area (Å²) in [5, 5.41) is 2.84. The van der Waals surface area contributed by atoms with Crippen LogP contribution in [-0.2, 0) is 14.6 Å². The van der Waals surface area contributed by atoms with Crippen LogP contribution in [0, 0.1) is 0 Å². The number of carbonyl (C=O) groups excluding carboxylic acids is 1. The van der Waals surface area contributed by atoms with Crippen LogP contribution in [0.25, 0.3) is 0 Å². The topological polar surface area (TPSA) is 72.5 Å². The highest BCUT2D eigenvalue weighted by Gasteiger charge is 2.23. The van der Waals surface area contributed by atoms with Crippen LogP contribution in [0.2, 0.25) is 0 Å². The third-order valence-corrected chi connectivity index (χ3v) is 5.02.